The number of amides is 1. The molecule has 1 unspecified atom stereocenters. The van der Waals surface area contributed by atoms with E-state index in [9.17, 15) is 23.5 Å². The normalized spacial score (nSPS) is 12.0. The van der Waals surface area contributed by atoms with Crippen molar-refractivity contribution in [1.82, 2.24) is 0 Å². The number of carbonyl (C=O) groups excluding carboxylic acids is 1. The maximum absolute atomic E-state index is 13.4. The SMILES string of the molecule is NCC(=O)N(c1ccc(F)cc1F)C(O)C(=O)O. The van der Waals surface area contributed by atoms with E-state index in [1.807, 2.05) is 0 Å². The largest absolute Gasteiger partial charge is 0.478 e. The van der Waals surface area contributed by atoms with Crippen molar-refractivity contribution < 1.29 is 28.6 Å². The molecule has 0 heterocycles. The van der Waals surface area contributed by atoms with Crippen molar-refractivity contribution in [2.75, 3.05) is 11.4 Å². The number of hydrogen-bond acceptors (Lipinski definition) is 4. The number of benzene rings is 1. The summed E-state index contributed by atoms with van der Waals surface area (Å²) in [4.78, 5) is 22.3. The van der Waals surface area contributed by atoms with Crippen molar-refractivity contribution in [3.8, 4) is 0 Å². The summed E-state index contributed by atoms with van der Waals surface area (Å²) in [6.45, 7) is -0.638. The predicted octanol–water partition coefficient (Wildman–Crippen LogP) is -0.341. The van der Waals surface area contributed by atoms with E-state index in [1.54, 1.807) is 0 Å². The standard InChI is InChI=1S/C10H10F2N2O4/c11-5-1-2-7(6(12)3-5)14(8(15)4-13)9(16)10(17)18/h1-3,9,16H,4,13H2,(H,17,18). The van der Waals surface area contributed by atoms with Gasteiger partial charge >= 0.3 is 5.97 Å². The number of carbonyl (C=O) groups is 2. The Morgan fingerprint density at radius 3 is 2.44 bits per heavy atom. The first-order valence-electron chi connectivity index (χ1n) is 4.76. The lowest BCUT2D eigenvalue weighted by atomic mass is 10.2. The van der Waals surface area contributed by atoms with Gasteiger partial charge in [0.1, 0.15) is 11.6 Å². The van der Waals surface area contributed by atoms with Gasteiger partial charge in [0.05, 0.1) is 12.2 Å². The second-order valence-electron chi connectivity index (χ2n) is 3.28. The van der Waals surface area contributed by atoms with Gasteiger partial charge in [0.15, 0.2) is 0 Å². The summed E-state index contributed by atoms with van der Waals surface area (Å²) in [5.74, 6) is -4.87. The van der Waals surface area contributed by atoms with Crippen molar-refractivity contribution in [3.05, 3.63) is 29.8 Å². The summed E-state index contributed by atoms with van der Waals surface area (Å²) in [6, 6.07) is 2.12. The maximum atomic E-state index is 13.4. The van der Waals surface area contributed by atoms with Crippen LogP contribution in [0.25, 0.3) is 0 Å². The van der Waals surface area contributed by atoms with Crippen LogP contribution in [-0.4, -0.2) is 34.9 Å². The van der Waals surface area contributed by atoms with Gasteiger partial charge in [-0.25, -0.2) is 13.6 Å². The quantitative estimate of drug-likeness (QED) is 0.642. The number of anilines is 1. The molecule has 0 aliphatic rings. The molecule has 0 saturated heterocycles. The van der Waals surface area contributed by atoms with Gasteiger partial charge in [0.2, 0.25) is 12.1 Å². The lowest BCUT2D eigenvalue weighted by molar-refractivity contribution is -0.148. The smallest absolute Gasteiger partial charge is 0.354 e. The summed E-state index contributed by atoms with van der Waals surface area (Å²) < 4.78 is 26.1. The van der Waals surface area contributed by atoms with E-state index < -0.39 is 42.0 Å². The molecule has 0 aromatic heterocycles. The van der Waals surface area contributed by atoms with Gasteiger partial charge < -0.3 is 15.9 Å². The summed E-state index contributed by atoms with van der Waals surface area (Å²) in [5, 5.41) is 17.9. The van der Waals surface area contributed by atoms with Crippen LogP contribution in [0.1, 0.15) is 0 Å². The highest BCUT2D eigenvalue weighted by molar-refractivity contribution is 5.99. The number of hydrogen-bond donors (Lipinski definition) is 3. The number of rotatable bonds is 4. The van der Waals surface area contributed by atoms with Crippen LogP contribution in [0.2, 0.25) is 0 Å². The number of halogens is 2. The molecule has 0 bridgehead atoms. The average molecular weight is 260 g/mol. The molecule has 0 saturated carbocycles. The van der Waals surface area contributed by atoms with Crippen molar-refractivity contribution in [2.45, 2.75) is 6.23 Å². The fourth-order valence-corrected chi connectivity index (χ4v) is 1.29. The molecule has 1 aromatic carbocycles. The number of aliphatic hydroxyl groups excluding tert-OH is 1. The van der Waals surface area contributed by atoms with E-state index in [2.05, 4.69) is 0 Å². The number of aliphatic hydroxyl groups is 1. The zero-order valence-corrected chi connectivity index (χ0v) is 9.01. The second kappa shape index (κ2) is 5.52. The molecule has 0 spiro atoms. The van der Waals surface area contributed by atoms with E-state index in [4.69, 9.17) is 10.8 Å². The molecule has 0 aliphatic heterocycles. The fraction of sp³-hybridized carbons (Fsp3) is 0.200. The first kappa shape index (κ1) is 14.0. The molecule has 18 heavy (non-hydrogen) atoms. The van der Waals surface area contributed by atoms with Crippen molar-refractivity contribution in [1.29, 1.82) is 0 Å². The van der Waals surface area contributed by atoms with Crippen LogP contribution >= 0.6 is 0 Å². The van der Waals surface area contributed by atoms with E-state index >= 15 is 0 Å². The minimum absolute atomic E-state index is 0.247. The highest BCUT2D eigenvalue weighted by atomic mass is 19.1. The predicted molar refractivity (Wildman–Crippen MR) is 56.5 cm³/mol. The number of nitrogens with two attached hydrogens (primary N) is 1. The summed E-state index contributed by atoms with van der Waals surface area (Å²) in [5.41, 5.74) is 4.47. The summed E-state index contributed by atoms with van der Waals surface area (Å²) in [7, 11) is 0. The van der Waals surface area contributed by atoms with Crippen LogP contribution in [-0.2, 0) is 9.59 Å². The maximum Gasteiger partial charge on any atom is 0.354 e. The number of aliphatic carboxylic acids is 1. The molecule has 0 aliphatic carbocycles. The third kappa shape index (κ3) is 2.79. The van der Waals surface area contributed by atoms with Crippen LogP contribution in [0, 0.1) is 11.6 Å². The van der Waals surface area contributed by atoms with Crippen LogP contribution in [0.3, 0.4) is 0 Å². The topological polar surface area (TPSA) is 104 Å². The first-order chi connectivity index (χ1) is 8.38. The average Bonchev–Trinajstić information content (AvgIpc) is 2.31. The Kier molecular flexibility index (Phi) is 4.29. The highest BCUT2D eigenvalue weighted by Crippen LogP contribution is 2.22. The van der Waals surface area contributed by atoms with Gasteiger partial charge in [-0.15, -0.1) is 0 Å². The van der Waals surface area contributed by atoms with Crippen molar-refractivity contribution in [2.24, 2.45) is 5.73 Å². The number of carboxylic acids is 1. The lowest BCUT2D eigenvalue weighted by Crippen LogP contribution is -2.48. The monoisotopic (exact) mass is 260 g/mol. The van der Waals surface area contributed by atoms with E-state index in [1.165, 1.54) is 0 Å². The summed E-state index contributed by atoms with van der Waals surface area (Å²) in [6.07, 6.45) is -2.30. The second-order valence-corrected chi connectivity index (χ2v) is 3.28. The van der Waals surface area contributed by atoms with E-state index in [0.29, 0.717) is 6.07 Å². The van der Waals surface area contributed by atoms with Gasteiger partial charge in [-0.2, -0.15) is 0 Å². The molecule has 1 atom stereocenters. The van der Waals surface area contributed by atoms with Crippen LogP contribution < -0.4 is 10.6 Å². The van der Waals surface area contributed by atoms with Crippen molar-refractivity contribution in [3.63, 3.8) is 0 Å². The molecule has 1 amide bonds. The Hall–Kier alpha value is -2.06. The Bertz CT molecular complexity index is 481. The molecule has 4 N–H and O–H groups in total. The number of carboxylic acid groups (broad SMARTS) is 1. The fourth-order valence-electron chi connectivity index (χ4n) is 1.29. The minimum atomic E-state index is -2.30. The minimum Gasteiger partial charge on any atom is -0.478 e. The molecule has 98 valence electrons. The van der Waals surface area contributed by atoms with Crippen LogP contribution in [0.4, 0.5) is 14.5 Å². The Labute approximate surface area is 100 Å². The van der Waals surface area contributed by atoms with Crippen molar-refractivity contribution >= 4 is 17.6 Å². The van der Waals surface area contributed by atoms with Gasteiger partial charge in [0, 0.05) is 6.07 Å². The Morgan fingerprint density at radius 2 is 2.00 bits per heavy atom. The van der Waals surface area contributed by atoms with E-state index in [-0.39, 0.29) is 4.90 Å². The Morgan fingerprint density at radius 1 is 1.39 bits per heavy atom. The lowest BCUT2D eigenvalue weighted by Gasteiger charge is -2.25. The number of nitrogens with zero attached hydrogens (tertiary/aromatic N) is 1. The molecule has 8 heteroatoms. The van der Waals surface area contributed by atoms with Gasteiger partial charge in [0.25, 0.3) is 0 Å². The summed E-state index contributed by atoms with van der Waals surface area (Å²) >= 11 is 0. The molecular formula is C10H10F2N2O4. The first-order valence-corrected chi connectivity index (χ1v) is 4.76. The molecule has 0 radical (unpaired) electrons. The zero-order valence-electron chi connectivity index (χ0n) is 9.01. The Balaban J connectivity index is 3.25. The highest BCUT2D eigenvalue weighted by Gasteiger charge is 2.30. The van der Waals surface area contributed by atoms with Crippen LogP contribution in [0.15, 0.2) is 18.2 Å². The molecule has 0 fully saturated rings. The van der Waals surface area contributed by atoms with Gasteiger partial charge in [-0.3, -0.25) is 9.69 Å². The zero-order chi connectivity index (χ0) is 13.9. The van der Waals surface area contributed by atoms with Gasteiger partial charge in [-0.1, -0.05) is 0 Å². The molecule has 1 rings (SSSR count). The molecule has 6 nitrogen and oxygen atoms in total. The van der Waals surface area contributed by atoms with Crippen LogP contribution in [0.5, 0.6) is 0 Å². The molecule has 1 aromatic rings. The van der Waals surface area contributed by atoms with Gasteiger partial charge in [-0.05, 0) is 12.1 Å². The molecular weight excluding hydrogens is 250 g/mol. The third-order valence-electron chi connectivity index (χ3n) is 2.08. The third-order valence-corrected chi connectivity index (χ3v) is 2.08. The van der Waals surface area contributed by atoms with E-state index in [0.717, 1.165) is 12.1 Å².